The minimum Gasteiger partial charge on any atom is -0.354 e. The van der Waals surface area contributed by atoms with E-state index in [2.05, 4.69) is 10.6 Å². The molecule has 0 radical (unpaired) electrons. The van der Waals surface area contributed by atoms with Gasteiger partial charge in [-0.2, -0.15) is 0 Å². The lowest BCUT2D eigenvalue weighted by molar-refractivity contribution is -0.129. The quantitative estimate of drug-likeness (QED) is 0.616. The third-order valence-electron chi connectivity index (χ3n) is 3.04. The molecule has 0 aliphatic carbocycles. The summed E-state index contributed by atoms with van der Waals surface area (Å²) in [7, 11) is 0. The Kier molecular flexibility index (Phi) is 4.28. The Bertz CT molecular complexity index is 485. The molecule has 5 heteroatoms. The van der Waals surface area contributed by atoms with Crippen molar-refractivity contribution in [1.82, 2.24) is 10.6 Å². The number of rotatable bonds is 4. The lowest BCUT2D eigenvalue weighted by Gasteiger charge is -2.22. The molecule has 100 valence electrons. The largest absolute Gasteiger partial charge is 0.354 e. The second-order valence-corrected chi connectivity index (χ2v) is 4.52. The summed E-state index contributed by atoms with van der Waals surface area (Å²) in [4.78, 5) is 35.0. The first-order valence-electron chi connectivity index (χ1n) is 6.32. The van der Waals surface area contributed by atoms with Crippen LogP contribution in [-0.2, 0) is 9.59 Å². The number of nitrogens with one attached hydrogen (secondary N) is 2. The second kappa shape index (κ2) is 6.13. The van der Waals surface area contributed by atoms with E-state index in [1.54, 1.807) is 24.3 Å². The lowest BCUT2D eigenvalue weighted by Crippen LogP contribution is -2.50. The monoisotopic (exact) mass is 260 g/mol. The average Bonchev–Trinajstić information content (AvgIpc) is 2.42. The van der Waals surface area contributed by atoms with Crippen molar-refractivity contribution in [2.24, 2.45) is 0 Å². The molecule has 1 unspecified atom stereocenters. The molecular formula is C14H16N2O3. The van der Waals surface area contributed by atoms with Crippen molar-refractivity contribution in [3.8, 4) is 0 Å². The van der Waals surface area contributed by atoms with E-state index >= 15 is 0 Å². The highest BCUT2D eigenvalue weighted by Gasteiger charge is 2.24. The number of hydrogen-bond acceptors (Lipinski definition) is 3. The SMILES string of the molecule is O=C(CC(=O)c1ccccc1)NC1CCCNC1=O. The molecule has 1 atom stereocenters. The molecule has 5 nitrogen and oxygen atoms in total. The van der Waals surface area contributed by atoms with Gasteiger partial charge in [-0.1, -0.05) is 30.3 Å². The Balaban J connectivity index is 1.87. The molecule has 1 aromatic rings. The number of carbonyl (C=O) groups excluding carboxylic acids is 3. The summed E-state index contributed by atoms with van der Waals surface area (Å²) in [6, 6.07) is 8.14. The first kappa shape index (κ1) is 13.3. The van der Waals surface area contributed by atoms with Crippen LogP contribution in [0.1, 0.15) is 29.6 Å². The molecule has 2 N–H and O–H groups in total. The van der Waals surface area contributed by atoms with E-state index < -0.39 is 11.9 Å². The fourth-order valence-corrected chi connectivity index (χ4v) is 2.03. The fourth-order valence-electron chi connectivity index (χ4n) is 2.03. The van der Waals surface area contributed by atoms with Gasteiger partial charge in [-0.3, -0.25) is 14.4 Å². The van der Waals surface area contributed by atoms with Crippen molar-refractivity contribution in [1.29, 1.82) is 0 Å². The highest BCUT2D eigenvalue weighted by atomic mass is 16.2. The molecule has 1 heterocycles. The summed E-state index contributed by atoms with van der Waals surface area (Å²) >= 11 is 0. The molecule has 1 aliphatic heterocycles. The zero-order chi connectivity index (χ0) is 13.7. The van der Waals surface area contributed by atoms with Crippen LogP contribution in [0.5, 0.6) is 0 Å². The van der Waals surface area contributed by atoms with E-state index in [0.717, 1.165) is 6.42 Å². The topological polar surface area (TPSA) is 75.3 Å². The highest BCUT2D eigenvalue weighted by Crippen LogP contribution is 2.06. The smallest absolute Gasteiger partial charge is 0.242 e. The van der Waals surface area contributed by atoms with E-state index in [-0.39, 0.29) is 18.1 Å². The molecule has 0 saturated carbocycles. The summed E-state index contributed by atoms with van der Waals surface area (Å²) in [5, 5.41) is 5.28. The number of piperidine rings is 1. The molecule has 0 aromatic heterocycles. The van der Waals surface area contributed by atoms with Crippen LogP contribution in [-0.4, -0.2) is 30.2 Å². The van der Waals surface area contributed by atoms with Gasteiger partial charge in [0.15, 0.2) is 5.78 Å². The van der Waals surface area contributed by atoms with Gasteiger partial charge in [-0.25, -0.2) is 0 Å². The Morgan fingerprint density at radius 1 is 1.26 bits per heavy atom. The van der Waals surface area contributed by atoms with Crippen LogP contribution in [0, 0.1) is 0 Å². The molecule has 0 bridgehead atoms. The van der Waals surface area contributed by atoms with E-state index in [4.69, 9.17) is 0 Å². The molecule has 2 amide bonds. The number of amides is 2. The molecule has 2 rings (SSSR count). The van der Waals surface area contributed by atoms with Crippen molar-refractivity contribution in [2.45, 2.75) is 25.3 Å². The van der Waals surface area contributed by atoms with Gasteiger partial charge in [-0.15, -0.1) is 0 Å². The third-order valence-corrected chi connectivity index (χ3v) is 3.04. The lowest BCUT2D eigenvalue weighted by atomic mass is 10.1. The Labute approximate surface area is 111 Å². The second-order valence-electron chi connectivity index (χ2n) is 4.52. The standard InChI is InChI=1S/C14H16N2O3/c17-12(10-5-2-1-3-6-10)9-13(18)16-11-7-4-8-15-14(11)19/h1-3,5-6,11H,4,7-9H2,(H,15,19)(H,16,18). The van der Waals surface area contributed by atoms with E-state index in [9.17, 15) is 14.4 Å². The summed E-state index contributed by atoms with van der Waals surface area (Å²) in [6.45, 7) is 0.647. The van der Waals surface area contributed by atoms with Gasteiger partial charge >= 0.3 is 0 Å². The van der Waals surface area contributed by atoms with Crippen molar-refractivity contribution in [2.75, 3.05) is 6.54 Å². The van der Waals surface area contributed by atoms with E-state index in [1.807, 2.05) is 6.07 Å². The first-order chi connectivity index (χ1) is 9.16. The maximum absolute atomic E-state index is 11.8. The fraction of sp³-hybridized carbons (Fsp3) is 0.357. The van der Waals surface area contributed by atoms with Crippen molar-refractivity contribution in [3.63, 3.8) is 0 Å². The molecular weight excluding hydrogens is 244 g/mol. The number of benzene rings is 1. The highest BCUT2D eigenvalue weighted by molar-refractivity contribution is 6.07. The minimum atomic E-state index is -0.509. The van der Waals surface area contributed by atoms with Gasteiger partial charge in [0.2, 0.25) is 11.8 Å². The average molecular weight is 260 g/mol. The zero-order valence-electron chi connectivity index (χ0n) is 10.5. The van der Waals surface area contributed by atoms with Gasteiger partial charge in [-0.05, 0) is 12.8 Å². The first-order valence-corrected chi connectivity index (χ1v) is 6.32. The molecule has 1 fully saturated rings. The summed E-state index contributed by atoms with van der Waals surface area (Å²) in [5.74, 6) is -0.822. The predicted molar refractivity (Wildman–Crippen MR) is 69.6 cm³/mol. The number of carbonyl (C=O) groups is 3. The molecule has 19 heavy (non-hydrogen) atoms. The van der Waals surface area contributed by atoms with E-state index in [1.165, 1.54) is 0 Å². The molecule has 1 aliphatic rings. The Morgan fingerprint density at radius 3 is 2.68 bits per heavy atom. The Morgan fingerprint density at radius 2 is 2.00 bits per heavy atom. The molecule has 0 spiro atoms. The van der Waals surface area contributed by atoms with E-state index in [0.29, 0.717) is 18.5 Å². The van der Waals surface area contributed by atoms with Gasteiger partial charge in [0, 0.05) is 12.1 Å². The molecule has 1 aromatic carbocycles. The van der Waals surface area contributed by atoms with Crippen LogP contribution in [0.2, 0.25) is 0 Å². The third kappa shape index (κ3) is 3.64. The summed E-state index contributed by atoms with van der Waals surface area (Å²) in [6.07, 6.45) is 1.23. The maximum atomic E-state index is 11.8. The minimum absolute atomic E-state index is 0.174. The van der Waals surface area contributed by atoms with Crippen LogP contribution in [0.15, 0.2) is 30.3 Å². The summed E-state index contributed by atoms with van der Waals surface area (Å²) < 4.78 is 0. The number of ketones is 1. The number of hydrogen-bond donors (Lipinski definition) is 2. The van der Waals surface area contributed by atoms with Crippen LogP contribution >= 0.6 is 0 Å². The summed E-state index contributed by atoms with van der Waals surface area (Å²) in [5.41, 5.74) is 0.505. The van der Waals surface area contributed by atoms with Gasteiger partial charge in [0.25, 0.3) is 0 Å². The van der Waals surface area contributed by atoms with Crippen LogP contribution in [0.4, 0.5) is 0 Å². The predicted octanol–water partition coefficient (Wildman–Crippen LogP) is 0.654. The van der Waals surface area contributed by atoms with Crippen LogP contribution in [0.3, 0.4) is 0 Å². The molecule has 1 saturated heterocycles. The van der Waals surface area contributed by atoms with Gasteiger partial charge < -0.3 is 10.6 Å². The maximum Gasteiger partial charge on any atom is 0.242 e. The van der Waals surface area contributed by atoms with Crippen molar-refractivity contribution < 1.29 is 14.4 Å². The van der Waals surface area contributed by atoms with Gasteiger partial charge in [0.05, 0.1) is 6.42 Å². The number of Topliss-reactive ketones (excluding diaryl/α,β-unsaturated/α-hetero) is 1. The zero-order valence-corrected chi connectivity index (χ0v) is 10.5. The normalized spacial score (nSPS) is 18.5. The Hall–Kier alpha value is -2.17. The van der Waals surface area contributed by atoms with Crippen LogP contribution in [0.25, 0.3) is 0 Å². The van der Waals surface area contributed by atoms with Gasteiger partial charge in [0.1, 0.15) is 6.04 Å². The van der Waals surface area contributed by atoms with Crippen molar-refractivity contribution in [3.05, 3.63) is 35.9 Å². The van der Waals surface area contributed by atoms with Crippen LogP contribution < -0.4 is 10.6 Å². The van der Waals surface area contributed by atoms with Crippen molar-refractivity contribution >= 4 is 17.6 Å².